The Labute approximate surface area is 155 Å². The molecule has 0 bridgehead atoms. The van der Waals surface area contributed by atoms with Gasteiger partial charge in [0, 0.05) is 30.7 Å². The molecule has 3 aromatic rings. The largest absolute Gasteiger partial charge is 0.347 e. The molecule has 2 heterocycles. The smallest absolute Gasteiger partial charge is 0.270 e. The Balaban J connectivity index is 1.70. The fourth-order valence-electron chi connectivity index (χ4n) is 2.36. The second kappa shape index (κ2) is 8.36. The number of nitriles is 1. The zero-order chi connectivity index (χ0) is 19.1. The molecule has 2 N–H and O–H groups in total. The monoisotopic (exact) mass is 357 g/mol. The molecule has 7 nitrogen and oxygen atoms in total. The van der Waals surface area contributed by atoms with Crippen LogP contribution in [0.2, 0.25) is 0 Å². The molecule has 0 spiro atoms. The number of carbonyl (C=O) groups is 2. The lowest BCUT2D eigenvalue weighted by Crippen LogP contribution is -2.24. The number of hydrogen-bond acceptors (Lipinski definition) is 5. The van der Waals surface area contributed by atoms with E-state index in [0.717, 1.165) is 5.56 Å². The van der Waals surface area contributed by atoms with Crippen molar-refractivity contribution in [1.82, 2.24) is 15.3 Å². The van der Waals surface area contributed by atoms with Crippen LogP contribution in [-0.4, -0.2) is 21.8 Å². The number of aromatic nitrogens is 2. The van der Waals surface area contributed by atoms with Gasteiger partial charge in [0.25, 0.3) is 11.8 Å². The van der Waals surface area contributed by atoms with Crippen molar-refractivity contribution in [3.63, 3.8) is 0 Å². The van der Waals surface area contributed by atoms with Gasteiger partial charge in [-0.15, -0.1) is 0 Å². The minimum Gasteiger partial charge on any atom is -0.347 e. The topological polar surface area (TPSA) is 108 Å². The average molecular weight is 357 g/mol. The minimum absolute atomic E-state index is 0.125. The van der Waals surface area contributed by atoms with Crippen molar-refractivity contribution in [3.05, 3.63) is 89.5 Å². The summed E-state index contributed by atoms with van der Waals surface area (Å²) in [6, 6.07) is 15.2. The van der Waals surface area contributed by atoms with E-state index >= 15 is 0 Å². The van der Waals surface area contributed by atoms with Crippen LogP contribution >= 0.6 is 0 Å². The van der Waals surface area contributed by atoms with Crippen molar-refractivity contribution in [2.24, 2.45) is 0 Å². The van der Waals surface area contributed by atoms with Crippen molar-refractivity contribution >= 4 is 17.5 Å². The third-order valence-corrected chi connectivity index (χ3v) is 3.73. The fourth-order valence-corrected chi connectivity index (χ4v) is 2.36. The van der Waals surface area contributed by atoms with Gasteiger partial charge in [-0.3, -0.25) is 19.6 Å². The molecule has 0 radical (unpaired) electrons. The summed E-state index contributed by atoms with van der Waals surface area (Å²) in [6.45, 7) is 0.306. The maximum atomic E-state index is 12.4. The number of nitrogens with zero attached hydrogens (tertiary/aromatic N) is 3. The van der Waals surface area contributed by atoms with Crippen LogP contribution in [0.4, 0.5) is 5.69 Å². The van der Waals surface area contributed by atoms with Crippen LogP contribution in [0.1, 0.15) is 32.0 Å². The van der Waals surface area contributed by atoms with Crippen LogP contribution in [0, 0.1) is 11.3 Å². The summed E-state index contributed by atoms with van der Waals surface area (Å²) in [5, 5.41) is 14.5. The predicted octanol–water partition coefficient (Wildman–Crippen LogP) is 2.53. The lowest BCUT2D eigenvalue weighted by molar-refractivity contribution is 0.0946. The summed E-state index contributed by atoms with van der Waals surface area (Å²) in [5.74, 6) is -0.827. The molecule has 0 saturated carbocycles. The van der Waals surface area contributed by atoms with Gasteiger partial charge in [-0.25, -0.2) is 0 Å². The van der Waals surface area contributed by atoms with Crippen LogP contribution in [0.5, 0.6) is 0 Å². The summed E-state index contributed by atoms with van der Waals surface area (Å²) >= 11 is 0. The molecule has 0 aliphatic carbocycles. The zero-order valence-corrected chi connectivity index (χ0v) is 14.2. The molecule has 0 aliphatic heterocycles. The van der Waals surface area contributed by atoms with Gasteiger partial charge in [0.05, 0.1) is 11.3 Å². The highest BCUT2D eigenvalue weighted by Gasteiger charge is 2.13. The van der Waals surface area contributed by atoms with Gasteiger partial charge in [-0.1, -0.05) is 18.2 Å². The highest BCUT2D eigenvalue weighted by molar-refractivity contribution is 6.06. The maximum Gasteiger partial charge on any atom is 0.270 e. The van der Waals surface area contributed by atoms with Gasteiger partial charge in [-0.2, -0.15) is 5.26 Å². The number of benzene rings is 1. The molecule has 3 rings (SSSR count). The Morgan fingerprint density at radius 1 is 1.04 bits per heavy atom. The van der Waals surface area contributed by atoms with E-state index in [4.69, 9.17) is 5.26 Å². The number of pyridine rings is 2. The van der Waals surface area contributed by atoms with Crippen molar-refractivity contribution in [2.45, 2.75) is 6.54 Å². The molecule has 27 heavy (non-hydrogen) atoms. The first-order valence-electron chi connectivity index (χ1n) is 8.11. The summed E-state index contributed by atoms with van der Waals surface area (Å²) in [6.07, 6.45) is 4.70. The van der Waals surface area contributed by atoms with Crippen molar-refractivity contribution in [3.8, 4) is 6.07 Å². The Hall–Kier alpha value is -4.05. The zero-order valence-electron chi connectivity index (χ0n) is 14.2. The van der Waals surface area contributed by atoms with Gasteiger partial charge >= 0.3 is 0 Å². The highest BCUT2D eigenvalue weighted by Crippen LogP contribution is 2.15. The molecular formula is C20H15N5O2. The first-order valence-corrected chi connectivity index (χ1v) is 8.11. The third kappa shape index (κ3) is 4.52. The SMILES string of the molecule is N#Cc1ccccc1NC(=O)c1ccnc(C(=O)NCc2cccnc2)c1. The second-order valence-electron chi connectivity index (χ2n) is 5.59. The molecule has 2 aromatic heterocycles. The van der Waals surface area contributed by atoms with Crippen molar-refractivity contribution in [1.29, 1.82) is 5.26 Å². The molecule has 0 atom stereocenters. The van der Waals surface area contributed by atoms with E-state index in [1.807, 2.05) is 12.1 Å². The summed E-state index contributed by atoms with van der Waals surface area (Å²) in [7, 11) is 0. The third-order valence-electron chi connectivity index (χ3n) is 3.73. The summed E-state index contributed by atoms with van der Waals surface area (Å²) in [4.78, 5) is 32.7. The molecule has 132 valence electrons. The molecule has 7 heteroatoms. The number of rotatable bonds is 5. The number of anilines is 1. The number of nitrogens with one attached hydrogen (secondary N) is 2. The minimum atomic E-state index is -0.429. The number of hydrogen-bond donors (Lipinski definition) is 2. The molecule has 2 amide bonds. The van der Waals surface area contributed by atoms with Gasteiger partial charge in [-0.05, 0) is 35.9 Å². The predicted molar refractivity (Wildman–Crippen MR) is 98.8 cm³/mol. The Morgan fingerprint density at radius 2 is 1.89 bits per heavy atom. The second-order valence-corrected chi connectivity index (χ2v) is 5.59. The molecular weight excluding hydrogens is 342 g/mol. The standard InChI is InChI=1S/C20H15N5O2/c21-11-16-5-1-2-6-17(16)25-19(26)15-7-9-23-18(10-15)20(27)24-13-14-4-3-8-22-12-14/h1-10,12H,13H2,(H,24,27)(H,25,26). The molecule has 0 unspecified atom stereocenters. The lowest BCUT2D eigenvalue weighted by Gasteiger charge is -2.08. The summed E-state index contributed by atoms with van der Waals surface area (Å²) < 4.78 is 0. The molecule has 0 aliphatic rings. The van der Waals surface area contributed by atoms with Crippen molar-refractivity contribution < 1.29 is 9.59 Å². The Morgan fingerprint density at radius 3 is 2.67 bits per heavy atom. The average Bonchev–Trinajstić information content (AvgIpc) is 2.73. The van der Waals surface area contributed by atoms with Crippen LogP contribution in [-0.2, 0) is 6.54 Å². The number of para-hydroxylation sites is 1. The highest BCUT2D eigenvalue weighted by atomic mass is 16.2. The van der Waals surface area contributed by atoms with Crippen LogP contribution in [0.15, 0.2) is 67.1 Å². The maximum absolute atomic E-state index is 12.4. The van der Waals surface area contributed by atoms with E-state index in [9.17, 15) is 9.59 Å². The van der Waals surface area contributed by atoms with Gasteiger partial charge in [0.2, 0.25) is 0 Å². The first kappa shape index (κ1) is 17.8. The number of carbonyl (C=O) groups excluding carboxylic acids is 2. The van der Waals surface area contributed by atoms with E-state index in [-0.39, 0.29) is 11.3 Å². The fraction of sp³-hybridized carbons (Fsp3) is 0.0500. The molecule has 1 aromatic carbocycles. The Bertz CT molecular complexity index is 1010. The van der Waals surface area contributed by atoms with Gasteiger partial charge in [0.15, 0.2) is 0 Å². The summed E-state index contributed by atoms with van der Waals surface area (Å²) in [5.41, 5.74) is 2.01. The molecule has 0 fully saturated rings. The van der Waals surface area contributed by atoms with E-state index in [1.54, 1.807) is 42.7 Å². The van der Waals surface area contributed by atoms with Gasteiger partial charge < -0.3 is 10.6 Å². The van der Waals surface area contributed by atoms with Crippen LogP contribution in [0.3, 0.4) is 0 Å². The lowest BCUT2D eigenvalue weighted by atomic mass is 10.1. The van der Waals surface area contributed by atoms with E-state index in [2.05, 4.69) is 20.6 Å². The Kier molecular flexibility index (Phi) is 5.50. The normalized spacial score (nSPS) is 9.89. The van der Waals surface area contributed by atoms with Crippen LogP contribution < -0.4 is 10.6 Å². The van der Waals surface area contributed by atoms with E-state index in [1.165, 1.54) is 18.3 Å². The number of amides is 2. The molecule has 0 saturated heterocycles. The van der Waals surface area contributed by atoms with Gasteiger partial charge in [0.1, 0.15) is 11.8 Å². The van der Waals surface area contributed by atoms with E-state index in [0.29, 0.717) is 17.8 Å². The van der Waals surface area contributed by atoms with Crippen molar-refractivity contribution in [2.75, 3.05) is 5.32 Å². The quantitative estimate of drug-likeness (QED) is 0.729. The van der Waals surface area contributed by atoms with Crippen LogP contribution in [0.25, 0.3) is 0 Å². The van der Waals surface area contributed by atoms with E-state index < -0.39 is 11.8 Å². The first-order chi connectivity index (χ1) is 13.2.